The number of carbonyl (C=O) groups excluding carboxylic acids is 1. The third-order valence-corrected chi connectivity index (χ3v) is 3.02. The van der Waals surface area contributed by atoms with Crippen LogP contribution in [-0.4, -0.2) is 31.3 Å². The molecule has 0 saturated carbocycles. The van der Waals surface area contributed by atoms with Crippen molar-refractivity contribution in [1.82, 2.24) is 25.4 Å². The second-order valence-electron chi connectivity index (χ2n) is 4.43. The van der Waals surface area contributed by atoms with E-state index in [-0.39, 0.29) is 11.9 Å². The Morgan fingerprint density at radius 3 is 2.85 bits per heavy atom. The van der Waals surface area contributed by atoms with Gasteiger partial charge in [-0.1, -0.05) is 6.07 Å². The van der Waals surface area contributed by atoms with Gasteiger partial charge in [-0.2, -0.15) is 10.2 Å². The molecule has 1 amide bonds. The van der Waals surface area contributed by atoms with Gasteiger partial charge in [0.25, 0.3) is 5.91 Å². The Balaban J connectivity index is 1.86. The molecule has 20 heavy (non-hydrogen) atoms. The van der Waals surface area contributed by atoms with Crippen molar-refractivity contribution in [2.75, 3.05) is 5.32 Å². The van der Waals surface area contributed by atoms with Gasteiger partial charge in [0.05, 0.1) is 23.1 Å². The number of H-pyrrole nitrogens is 1. The molecule has 0 spiro atoms. The number of anilines is 1. The smallest absolute Gasteiger partial charge is 0.258 e. The van der Waals surface area contributed by atoms with E-state index in [2.05, 4.69) is 30.7 Å². The summed E-state index contributed by atoms with van der Waals surface area (Å²) in [5, 5.41) is 18.1. The first kappa shape index (κ1) is 12.2. The summed E-state index contributed by atoms with van der Waals surface area (Å²) in [6.45, 7) is 3.63. The monoisotopic (exact) mass is 268 g/mol. The van der Waals surface area contributed by atoms with Crippen molar-refractivity contribution in [3.8, 4) is 0 Å². The molecule has 1 aromatic carbocycles. The topological polar surface area (TPSA) is 96.5 Å². The summed E-state index contributed by atoms with van der Waals surface area (Å²) in [5.41, 5.74) is 2.78. The molecule has 2 N–H and O–H groups in total. The highest BCUT2D eigenvalue weighted by molar-refractivity contribution is 6.05. The predicted molar refractivity (Wildman–Crippen MR) is 73.3 cm³/mol. The normalized spacial score (nSPS) is 10.7. The fourth-order valence-electron chi connectivity index (χ4n) is 1.76. The van der Waals surface area contributed by atoms with Crippen LogP contribution in [0, 0.1) is 13.8 Å². The van der Waals surface area contributed by atoms with E-state index in [0.29, 0.717) is 5.56 Å². The van der Waals surface area contributed by atoms with Gasteiger partial charge in [-0.3, -0.25) is 15.2 Å². The number of nitrogens with zero attached hydrogens (tertiary/aromatic N) is 4. The summed E-state index contributed by atoms with van der Waals surface area (Å²) in [5.74, 6) is -0.0886. The van der Waals surface area contributed by atoms with Gasteiger partial charge in [-0.25, -0.2) is 4.98 Å². The SMILES string of the molecule is Cc1nnc(NC(=O)c2ccc3cn[nH]c3c2)nc1C. The number of carbonyl (C=O) groups is 1. The highest BCUT2D eigenvalue weighted by Crippen LogP contribution is 2.13. The molecular weight excluding hydrogens is 256 g/mol. The lowest BCUT2D eigenvalue weighted by atomic mass is 10.1. The highest BCUT2D eigenvalue weighted by Gasteiger charge is 2.10. The molecule has 3 aromatic rings. The van der Waals surface area contributed by atoms with Crippen molar-refractivity contribution in [2.24, 2.45) is 0 Å². The predicted octanol–water partition coefficient (Wildman–Crippen LogP) is 1.62. The van der Waals surface area contributed by atoms with E-state index in [0.717, 1.165) is 22.3 Å². The molecule has 7 nitrogen and oxygen atoms in total. The van der Waals surface area contributed by atoms with E-state index in [1.807, 2.05) is 19.9 Å². The minimum atomic E-state index is -0.286. The first-order valence-corrected chi connectivity index (χ1v) is 6.06. The van der Waals surface area contributed by atoms with Crippen molar-refractivity contribution in [1.29, 1.82) is 0 Å². The number of hydrogen-bond acceptors (Lipinski definition) is 5. The third-order valence-electron chi connectivity index (χ3n) is 3.02. The van der Waals surface area contributed by atoms with E-state index >= 15 is 0 Å². The highest BCUT2D eigenvalue weighted by atomic mass is 16.1. The molecule has 0 bridgehead atoms. The molecule has 0 fully saturated rings. The van der Waals surface area contributed by atoms with E-state index < -0.39 is 0 Å². The molecule has 7 heteroatoms. The zero-order valence-electron chi connectivity index (χ0n) is 11.0. The van der Waals surface area contributed by atoms with Crippen molar-refractivity contribution in [2.45, 2.75) is 13.8 Å². The standard InChI is InChI=1S/C13H12N6O/c1-7-8(2)17-19-13(15-7)16-12(20)9-3-4-10-6-14-18-11(10)5-9/h3-6H,1-2H3,(H,14,18)(H,15,16,19,20). The van der Waals surface area contributed by atoms with Crippen LogP contribution in [0.2, 0.25) is 0 Å². The molecule has 0 aliphatic carbocycles. The van der Waals surface area contributed by atoms with Crippen molar-refractivity contribution in [3.05, 3.63) is 41.3 Å². The third kappa shape index (κ3) is 2.20. The first-order chi connectivity index (χ1) is 9.63. The molecule has 0 radical (unpaired) electrons. The van der Waals surface area contributed by atoms with Crippen LogP contribution in [0.15, 0.2) is 24.4 Å². The second kappa shape index (κ2) is 4.69. The lowest BCUT2D eigenvalue weighted by Gasteiger charge is -2.04. The maximum atomic E-state index is 12.1. The molecule has 0 atom stereocenters. The number of aromatic amines is 1. The zero-order valence-corrected chi connectivity index (χ0v) is 11.0. The fourth-order valence-corrected chi connectivity index (χ4v) is 1.76. The fraction of sp³-hybridized carbons (Fsp3) is 0.154. The van der Waals surface area contributed by atoms with Gasteiger partial charge in [0.15, 0.2) is 0 Å². The first-order valence-electron chi connectivity index (χ1n) is 6.06. The number of rotatable bonds is 2. The average molecular weight is 268 g/mol. The summed E-state index contributed by atoms with van der Waals surface area (Å²) in [4.78, 5) is 16.3. The summed E-state index contributed by atoms with van der Waals surface area (Å²) in [6, 6.07) is 5.28. The molecule has 0 saturated heterocycles. The molecule has 2 heterocycles. The van der Waals surface area contributed by atoms with Crippen molar-refractivity contribution in [3.63, 3.8) is 0 Å². The minimum Gasteiger partial charge on any atom is -0.289 e. The van der Waals surface area contributed by atoms with Crippen LogP contribution in [0.3, 0.4) is 0 Å². The van der Waals surface area contributed by atoms with E-state index in [1.54, 1.807) is 18.3 Å². The lowest BCUT2D eigenvalue weighted by Crippen LogP contribution is -2.15. The number of aromatic nitrogens is 5. The van der Waals surface area contributed by atoms with Gasteiger partial charge in [-0.05, 0) is 26.0 Å². The Hall–Kier alpha value is -2.83. The molecular formula is C13H12N6O. The van der Waals surface area contributed by atoms with E-state index in [9.17, 15) is 4.79 Å². The van der Waals surface area contributed by atoms with Crippen LogP contribution in [0.1, 0.15) is 21.7 Å². The summed E-state index contributed by atoms with van der Waals surface area (Å²) in [6.07, 6.45) is 1.70. The number of fused-ring (bicyclic) bond motifs is 1. The number of benzene rings is 1. The van der Waals surface area contributed by atoms with Crippen molar-refractivity contribution >= 4 is 22.8 Å². The summed E-state index contributed by atoms with van der Waals surface area (Å²) in [7, 11) is 0. The molecule has 0 aliphatic rings. The molecule has 100 valence electrons. The van der Waals surface area contributed by atoms with E-state index in [1.165, 1.54) is 0 Å². The van der Waals surface area contributed by atoms with Gasteiger partial charge in [0.1, 0.15) is 0 Å². The van der Waals surface area contributed by atoms with Crippen molar-refractivity contribution < 1.29 is 4.79 Å². The largest absolute Gasteiger partial charge is 0.289 e. The van der Waals surface area contributed by atoms with E-state index in [4.69, 9.17) is 0 Å². The number of amides is 1. The van der Waals surface area contributed by atoms with Gasteiger partial charge in [0, 0.05) is 10.9 Å². The van der Waals surface area contributed by atoms with Gasteiger partial charge < -0.3 is 0 Å². The summed E-state index contributed by atoms with van der Waals surface area (Å²) < 4.78 is 0. The van der Waals surface area contributed by atoms with Gasteiger partial charge >= 0.3 is 0 Å². The Bertz CT molecular complexity index is 794. The molecule has 3 rings (SSSR count). The van der Waals surface area contributed by atoms with Crippen LogP contribution in [0.25, 0.3) is 10.9 Å². The number of aryl methyl sites for hydroxylation is 2. The van der Waals surface area contributed by atoms with Crippen LogP contribution < -0.4 is 5.32 Å². The molecule has 2 aromatic heterocycles. The van der Waals surface area contributed by atoms with Crippen LogP contribution in [0.5, 0.6) is 0 Å². The van der Waals surface area contributed by atoms with Gasteiger partial charge in [-0.15, -0.1) is 5.10 Å². The molecule has 0 aliphatic heterocycles. The Morgan fingerprint density at radius 1 is 1.20 bits per heavy atom. The van der Waals surface area contributed by atoms with Crippen LogP contribution >= 0.6 is 0 Å². The second-order valence-corrected chi connectivity index (χ2v) is 4.43. The number of nitrogens with one attached hydrogen (secondary N) is 2. The maximum Gasteiger partial charge on any atom is 0.258 e. The van der Waals surface area contributed by atoms with Crippen LogP contribution in [0.4, 0.5) is 5.95 Å². The summed E-state index contributed by atoms with van der Waals surface area (Å²) >= 11 is 0. The Kier molecular flexibility index (Phi) is 2.86. The van der Waals surface area contributed by atoms with Gasteiger partial charge in [0.2, 0.25) is 5.95 Å². The maximum absolute atomic E-state index is 12.1. The Labute approximate surface area is 114 Å². The number of hydrogen-bond donors (Lipinski definition) is 2. The Morgan fingerprint density at radius 2 is 2.05 bits per heavy atom. The van der Waals surface area contributed by atoms with Crippen LogP contribution in [-0.2, 0) is 0 Å². The molecule has 0 unspecified atom stereocenters. The zero-order chi connectivity index (χ0) is 14.1. The average Bonchev–Trinajstić information content (AvgIpc) is 2.90. The quantitative estimate of drug-likeness (QED) is 0.736. The minimum absolute atomic E-state index is 0.197. The lowest BCUT2D eigenvalue weighted by molar-refractivity contribution is 0.102.